The molecule has 0 aliphatic carbocycles. The van der Waals surface area contributed by atoms with E-state index < -0.39 is 0 Å². The van der Waals surface area contributed by atoms with E-state index in [-0.39, 0.29) is 17.4 Å². The van der Waals surface area contributed by atoms with Crippen molar-refractivity contribution in [2.45, 2.75) is 53.6 Å². The van der Waals surface area contributed by atoms with Crippen molar-refractivity contribution >= 4 is 5.91 Å². The third kappa shape index (κ3) is 4.69. The maximum Gasteiger partial charge on any atom is 0.223 e. The van der Waals surface area contributed by atoms with Crippen LogP contribution in [-0.2, 0) is 4.79 Å². The molecule has 0 N–H and O–H groups in total. The van der Waals surface area contributed by atoms with Crippen molar-refractivity contribution in [2.24, 2.45) is 5.41 Å². The van der Waals surface area contributed by atoms with Crippen LogP contribution in [0.15, 0.2) is 6.07 Å². The molecule has 0 saturated carbocycles. The van der Waals surface area contributed by atoms with Crippen molar-refractivity contribution in [3.63, 3.8) is 0 Å². The number of amides is 1. The highest BCUT2D eigenvalue weighted by molar-refractivity contribution is 5.77. The fourth-order valence-corrected chi connectivity index (χ4v) is 2.53. The van der Waals surface area contributed by atoms with Gasteiger partial charge in [-0.1, -0.05) is 20.8 Å². The number of rotatable bonds is 3. The first kappa shape index (κ1) is 15.7. The summed E-state index contributed by atoms with van der Waals surface area (Å²) in [5.41, 5.74) is 0.924. The van der Waals surface area contributed by atoms with Crippen LogP contribution in [0.4, 0.5) is 0 Å². The van der Waals surface area contributed by atoms with Gasteiger partial charge in [-0.15, -0.1) is 0 Å². The second kappa shape index (κ2) is 6.00. The predicted octanol–water partition coefficient (Wildman–Crippen LogP) is 2.51. The van der Waals surface area contributed by atoms with Gasteiger partial charge in [-0.3, -0.25) is 4.79 Å². The third-order valence-corrected chi connectivity index (χ3v) is 3.41. The number of hydrogen-bond donors (Lipinski definition) is 0. The minimum atomic E-state index is 0.0247. The Morgan fingerprint density at radius 2 is 2.10 bits per heavy atom. The smallest absolute Gasteiger partial charge is 0.223 e. The molecule has 116 valence electrons. The monoisotopic (exact) mass is 291 g/mol. The molecule has 1 aliphatic rings. The second-order valence-electron chi connectivity index (χ2n) is 7.00. The van der Waals surface area contributed by atoms with Crippen LogP contribution in [0.1, 0.15) is 45.1 Å². The molecule has 1 fully saturated rings. The minimum Gasteiger partial charge on any atom is -0.472 e. The van der Waals surface area contributed by atoms with Gasteiger partial charge < -0.3 is 9.64 Å². The summed E-state index contributed by atoms with van der Waals surface area (Å²) in [6, 6.07) is 1.84. The Hall–Kier alpha value is -1.65. The Morgan fingerprint density at radius 3 is 2.71 bits per heavy atom. The molecule has 0 spiro atoms. The highest BCUT2D eigenvalue weighted by atomic mass is 16.5. The van der Waals surface area contributed by atoms with Gasteiger partial charge in [0, 0.05) is 31.1 Å². The lowest BCUT2D eigenvalue weighted by molar-refractivity contribution is -0.132. The number of carbonyl (C=O) groups excluding carboxylic acids is 1. The molecule has 0 bridgehead atoms. The number of likely N-dealkylation sites (tertiary alicyclic amines) is 1. The Labute approximate surface area is 126 Å². The van der Waals surface area contributed by atoms with E-state index >= 15 is 0 Å². The molecule has 1 atom stereocenters. The van der Waals surface area contributed by atoms with Gasteiger partial charge >= 0.3 is 0 Å². The van der Waals surface area contributed by atoms with E-state index in [4.69, 9.17) is 4.74 Å². The molecule has 5 nitrogen and oxygen atoms in total. The fraction of sp³-hybridized carbons (Fsp3) is 0.688. The fourth-order valence-electron chi connectivity index (χ4n) is 2.53. The van der Waals surface area contributed by atoms with E-state index in [1.165, 1.54) is 0 Å². The third-order valence-electron chi connectivity index (χ3n) is 3.41. The van der Waals surface area contributed by atoms with Gasteiger partial charge in [-0.05, 0) is 19.3 Å². The molecular weight excluding hydrogens is 266 g/mol. The normalized spacial score (nSPS) is 18.9. The SMILES string of the molecule is Cc1cc(O[C@@H]2CCN(C(=O)CC(C)(C)C)C2)nc(C)n1. The lowest BCUT2D eigenvalue weighted by Gasteiger charge is -2.23. The van der Waals surface area contributed by atoms with E-state index in [2.05, 4.69) is 30.7 Å². The zero-order valence-electron chi connectivity index (χ0n) is 13.6. The first-order chi connectivity index (χ1) is 9.73. The van der Waals surface area contributed by atoms with Gasteiger partial charge in [0.1, 0.15) is 11.9 Å². The maximum absolute atomic E-state index is 12.2. The number of hydrogen-bond acceptors (Lipinski definition) is 4. The Balaban J connectivity index is 1.92. The topological polar surface area (TPSA) is 55.3 Å². The van der Waals surface area contributed by atoms with Crippen molar-refractivity contribution in [3.05, 3.63) is 17.6 Å². The average Bonchev–Trinajstić information content (AvgIpc) is 2.73. The van der Waals surface area contributed by atoms with E-state index in [9.17, 15) is 4.79 Å². The number of ether oxygens (including phenoxy) is 1. The summed E-state index contributed by atoms with van der Waals surface area (Å²) in [6.45, 7) is 11.5. The molecule has 1 aliphatic heterocycles. The molecule has 2 heterocycles. The molecule has 0 radical (unpaired) electrons. The maximum atomic E-state index is 12.2. The van der Waals surface area contributed by atoms with Gasteiger partial charge in [0.25, 0.3) is 0 Å². The molecule has 21 heavy (non-hydrogen) atoms. The number of aromatic nitrogens is 2. The largest absolute Gasteiger partial charge is 0.472 e. The molecule has 5 heteroatoms. The van der Waals surface area contributed by atoms with E-state index in [1.54, 1.807) is 0 Å². The Kier molecular flexibility index (Phi) is 4.49. The number of aryl methyl sites for hydroxylation is 2. The van der Waals surface area contributed by atoms with Gasteiger partial charge in [0.15, 0.2) is 0 Å². The van der Waals surface area contributed by atoms with Crippen molar-refractivity contribution in [1.82, 2.24) is 14.9 Å². The van der Waals surface area contributed by atoms with Crippen LogP contribution in [0.2, 0.25) is 0 Å². The highest BCUT2D eigenvalue weighted by Crippen LogP contribution is 2.23. The summed E-state index contributed by atoms with van der Waals surface area (Å²) in [7, 11) is 0. The predicted molar refractivity (Wildman–Crippen MR) is 81.2 cm³/mol. The molecule has 1 aromatic rings. The van der Waals surface area contributed by atoms with Crippen molar-refractivity contribution < 1.29 is 9.53 Å². The highest BCUT2D eigenvalue weighted by Gasteiger charge is 2.29. The number of nitrogens with zero attached hydrogens (tertiary/aromatic N) is 3. The van der Waals surface area contributed by atoms with Gasteiger partial charge in [-0.25, -0.2) is 4.98 Å². The first-order valence-electron chi connectivity index (χ1n) is 7.50. The van der Waals surface area contributed by atoms with Crippen molar-refractivity contribution in [1.29, 1.82) is 0 Å². The van der Waals surface area contributed by atoms with Crippen LogP contribution in [0.3, 0.4) is 0 Å². The molecule has 0 unspecified atom stereocenters. The van der Waals surface area contributed by atoms with Gasteiger partial charge in [0.2, 0.25) is 11.8 Å². The molecule has 0 aromatic carbocycles. The lowest BCUT2D eigenvalue weighted by atomic mass is 9.92. The summed E-state index contributed by atoms with van der Waals surface area (Å²) in [6.07, 6.45) is 1.46. The van der Waals surface area contributed by atoms with Crippen LogP contribution in [-0.4, -0.2) is 40.0 Å². The molecule has 1 amide bonds. The van der Waals surface area contributed by atoms with E-state index in [0.717, 1.165) is 18.7 Å². The summed E-state index contributed by atoms with van der Waals surface area (Å²) >= 11 is 0. The average molecular weight is 291 g/mol. The summed E-state index contributed by atoms with van der Waals surface area (Å²) in [5, 5.41) is 0. The van der Waals surface area contributed by atoms with Crippen LogP contribution in [0, 0.1) is 19.3 Å². The molecular formula is C16H25N3O2. The molecule has 2 rings (SSSR count). The molecule has 1 aromatic heterocycles. The van der Waals surface area contributed by atoms with Crippen LogP contribution >= 0.6 is 0 Å². The Bertz CT molecular complexity index is 502. The van der Waals surface area contributed by atoms with Crippen molar-refractivity contribution in [3.8, 4) is 5.88 Å². The quantitative estimate of drug-likeness (QED) is 0.858. The zero-order valence-corrected chi connectivity index (χ0v) is 13.6. The van der Waals surface area contributed by atoms with Crippen LogP contribution in [0.5, 0.6) is 5.88 Å². The minimum absolute atomic E-state index is 0.0247. The lowest BCUT2D eigenvalue weighted by Crippen LogP contribution is -2.33. The van der Waals surface area contributed by atoms with Gasteiger partial charge in [-0.2, -0.15) is 4.98 Å². The van der Waals surface area contributed by atoms with Crippen molar-refractivity contribution in [2.75, 3.05) is 13.1 Å². The zero-order chi connectivity index (χ0) is 15.6. The Morgan fingerprint density at radius 1 is 1.38 bits per heavy atom. The number of carbonyl (C=O) groups is 1. The van der Waals surface area contributed by atoms with E-state index in [1.807, 2.05) is 24.8 Å². The first-order valence-corrected chi connectivity index (χ1v) is 7.50. The standard InChI is InChI=1S/C16H25N3O2/c1-11-8-14(18-12(2)17-11)21-13-6-7-19(10-13)15(20)9-16(3,4)5/h8,13H,6-7,9-10H2,1-5H3/t13-/m1/s1. The van der Waals surface area contributed by atoms with Crippen LogP contribution in [0.25, 0.3) is 0 Å². The van der Waals surface area contributed by atoms with Gasteiger partial charge in [0.05, 0.1) is 6.54 Å². The molecule has 1 saturated heterocycles. The summed E-state index contributed by atoms with van der Waals surface area (Å²) in [4.78, 5) is 22.6. The van der Waals surface area contributed by atoms with E-state index in [0.29, 0.717) is 24.7 Å². The summed E-state index contributed by atoms with van der Waals surface area (Å²) in [5.74, 6) is 1.53. The van der Waals surface area contributed by atoms with Crippen LogP contribution < -0.4 is 4.74 Å². The second-order valence-corrected chi connectivity index (χ2v) is 7.00. The summed E-state index contributed by atoms with van der Waals surface area (Å²) < 4.78 is 5.90.